The van der Waals surface area contributed by atoms with Gasteiger partial charge in [-0.3, -0.25) is 9.59 Å². The van der Waals surface area contributed by atoms with Crippen molar-refractivity contribution >= 4 is 11.9 Å². The summed E-state index contributed by atoms with van der Waals surface area (Å²) in [6.45, 7) is 19.8. The zero-order valence-electron chi connectivity index (χ0n) is 48.7. The molecule has 3 aliphatic heterocycles. The monoisotopic (exact) mass is 1100 g/mol. The van der Waals surface area contributed by atoms with Crippen molar-refractivity contribution in [1.82, 2.24) is 39.8 Å². The van der Waals surface area contributed by atoms with Crippen LogP contribution >= 0.6 is 0 Å². The van der Waals surface area contributed by atoms with E-state index in [1.807, 2.05) is 77.9 Å². The molecule has 4 N–H and O–H groups in total. The standard InChI is InChI=1S/C56H91FN8O13/c1-16-46-56(11,71)50(67)36(6)63(13)28-32(2)25-54(9,70)52(34(4)48(35(5)53(69)77-46)45-26-55(10,73-15)51(68)37(7)76-45)78-47-24-43(23-33(3)75-47)62(12)22-21-40-29-65(61-58-40)44(27-57)49(72-14)39-17-19-42(20-18-39)64-30-41(59-60-64)31-74-38(8)66/h17-20,29-30,32-37,43-52,67-68,70-71H,16,21-28,31H2,1-15H3/t32-,33-,34+,35-,36-,37+,43+,44-,45?,46-,47+,48+,49-,50-,51+,52-,54-,55-,56-/m1/s1. The summed E-state index contributed by atoms with van der Waals surface area (Å²) < 4.78 is 61.5. The molecule has 0 spiro atoms. The summed E-state index contributed by atoms with van der Waals surface area (Å²) in [7, 11) is 6.96. The second kappa shape index (κ2) is 26.7. The molecule has 21 nitrogen and oxygen atoms in total. The van der Waals surface area contributed by atoms with E-state index in [9.17, 15) is 34.4 Å². The molecule has 1 unspecified atom stereocenters. The number of rotatable bonds is 17. The van der Waals surface area contributed by atoms with Gasteiger partial charge in [-0.1, -0.05) is 50.3 Å². The Bertz CT molecular complexity index is 2380. The summed E-state index contributed by atoms with van der Waals surface area (Å²) in [4.78, 5) is 30.1. The smallest absolute Gasteiger partial charge is 0.309 e. The molecule has 0 amide bonds. The summed E-state index contributed by atoms with van der Waals surface area (Å²) in [6, 6.07) is 5.91. The topological polar surface area (TPSA) is 248 Å². The summed E-state index contributed by atoms with van der Waals surface area (Å²) in [5, 5.41) is 65.0. The number of likely N-dealkylation sites (N-methyl/N-ethyl adjacent to an activating group) is 2. The third-order valence-corrected chi connectivity index (χ3v) is 17.2. The minimum atomic E-state index is -1.81. The SMILES string of the molecule is CC[C@H]1OC(=O)[C@H](C)[C@@H](C2C[C@@](C)(OC)[C@@H](O)[C@H](C)O2)[C@H](C)[C@@H](O[C@H]2C[C@@H](N(C)CCc3cn([C@H](CF)[C@H](OC)c4ccc(-n5cc(COC(C)=O)nn5)cc4)nn3)C[C@@H](C)O2)[C@](C)(O)C[C@@H](C)CN(C)[C@H](C)[C@@H](O)[C@]1(C)O. The Morgan fingerprint density at radius 3 is 2.26 bits per heavy atom. The van der Waals surface area contributed by atoms with Gasteiger partial charge in [0.1, 0.15) is 55.0 Å². The van der Waals surface area contributed by atoms with Crippen LogP contribution in [0.1, 0.15) is 137 Å². The molecule has 0 bridgehead atoms. The summed E-state index contributed by atoms with van der Waals surface area (Å²) >= 11 is 0. The van der Waals surface area contributed by atoms with E-state index >= 15 is 0 Å². The van der Waals surface area contributed by atoms with Gasteiger partial charge in [0.2, 0.25) is 0 Å². The van der Waals surface area contributed by atoms with E-state index in [2.05, 4.69) is 25.5 Å². The molecule has 78 heavy (non-hydrogen) atoms. The van der Waals surface area contributed by atoms with Crippen molar-refractivity contribution < 1.29 is 67.6 Å². The average Bonchev–Trinajstić information content (AvgIpc) is 4.14. The van der Waals surface area contributed by atoms with Crippen LogP contribution in [-0.4, -0.2) is 198 Å². The number of hydrogen-bond acceptors (Lipinski definition) is 19. The molecule has 6 rings (SSSR count). The Kier molecular flexibility index (Phi) is 21.6. The first kappa shape index (κ1) is 63.1. The van der Waals surface area contributed by atoms with Crippen molar-refractivity contribution in [3.05, 3.63) is 53.6 Å². The lowest BCUT2D eigenvalue weighted by Gasteiger charge is -2.51. The number of carbonyl (C=O) groups is 2. The van der Waals surface area contributed by atoms with Crippen molar-refractivity contribution in [2.45, 2.75) is 211 Å². The molecule has 5 heterocycles. The van der Waals surface area contributed by atoms with Gasteiger partial charge in [0.15, 0.2) is 6.29 Å². The van der Waals surface area contributed by atoms with E-state index in [4.69, 9.17) is 33.2 Å². The van der Waals surface area contributed by atoms with E-state index in [1.54, 1.807) is 51.9 Å². The fourth-order valence-electron chi connectivity index (χ4n) is 12.5. The number of aliphatic hydroxyl groups excluding tert-OH is 2. The Balaban J connectivity index is 1.22. The molecule has 3 aliphatic rings. The Hall–Kier alpha value is -4.07. The van der Waals surface area contributed by atoms with Crippen molar-refractivity contribution in [2.24, 2.45) is 23.7 Å². The number of aliphatic hydroxyl groups is 4. The Morgan fingerprint density at radius 2 is 1.63 bits per heavy atom. The molecule has 440 valence electrons. The summed E-state index contributed by atoms with van der Waals surface area (Å²) in [5.74, 6) is -3.34. The van der Waals surface area contributed by atoms with Gasteiger partial charge >= 0.3 is 11.9 Å². The molecule has 0 saturated carbocycles. The average molecular weight is 1100 g/mol. The number of halogens is 1. The lowest BCUT2D eigenvalue weighted by Crippen LogP contribution is -2.61. The number of esters is 2. The van der Waals surface area contributed by atoms with Crippen LogP contribution in [0.15, 0.2) is 36.7 Å². The molecule has 0 aliphatic carbocycles. The number of carbonyl (C=O) groups excluding carboxylic acids is 2. The first-order valence-electron chi connectivity index (χ1n) is 27.8. The first-order chi connectivity index (χ1) is 36.7. The van der Waals surface area contributed by atoms with Crippen LogP contribution in [0.4, 0.5) is 4.39 Å². The maximum atomic E-state index is 15.0. The number of hydrogen-bond donors (Lipinski definition) is 4. The van der Waals surface area contributed by atoms with Gasteiger partial charge < -0.3 is 63.4 Å². The summed E-state index contributed by atoms with van der Waals surface area (Å²) in [5.41, 5.74) is -1.78. The third kappa shape index (κ3) is 14.7. The fraction of sp³-hybridized carbons (Fsp3) is 0.786. The van der Waals surface area contributed by atoms with E-state index in [0.717, 1.165) is 5.56 Å². The maximum absolute atomic E-state index is 15.0. The van der Waals surface area contributed by atoms with Gasteiger partial charge in [-0.15, -0.1) is 10.2 Å². The van der Waals surface area contributed by atoms with Crippen LogP contribution in [0.25, 0.3) is 5.69 Å². The van der Waals surface area contributed by atoms with E-state index in [0.29, 0.717) is 49.4 Å². The zero-order valence-corrected chi connectivity index (χ0v) is 48.7. The Labute approximate surface area is 460 Å². The van der Waals surface area contributed by atoms with Crippen LogP contribution in [0.3, 0.4) is 0 Å². The van der Waals surface area contributed by atoms with Crippen molar-refractivity contribution in [2.75, 3.05) is 48.1 Å². The van der Waals surface area contributed by atoms with E-state index in [1.165, 1.54) is 25.6 Å². The van der Waals surface area contributed by atoms with E-state index < -0.39 is 114 Å². The minimum Gasteiger partial charge on any atom is -0.459 e. The highest BCUT2D eigenvalue weighted by Gasteiger charge is 2.54. The van der Waals surface area contributed by atoms with Crippen molar-refractivity contribution in [3.63, 3.8) is 0 Å². The predicted octanol–water partition coefficient (Wildman–Crippen LogP) is 4.95. The molecule has 1 aromatic carbocycles. The number of aromatic nitrogens is 6. The normalized spacial score (nSPS) is 36.8. The van der Waals surface area contributed by atoms with Gasteiger partial charge in [0.05, 0.1) is 59.1 Å². The number of ether oxygens (including phenoxy) is 7. The number of cyclic esters (lactones) is 1. The van der Waals surface area contributed by atoms with Gasteiger partial charge in [0.25, 0.3) is 0 Å². The zero-order chi connectivity index (χ0) is 57.6. The molecular weight excluding hydrogens is 1010 g/mol. The third-order valence-electron chi connectivity index (χ3n) is 17.2. The van der Waals surface area contributed by atoms with Crippen LogP contribution in [0.5, 0.6) is 0 Å². The molecule has 22 heteroatoms. The van der Waals surface area contributed by atoms with Crippen molar-refractivity contribution in [3.8, 4) is 5.69 Å². The van der Waals surface area contributed by atoms with Crippen LogP contribution in [0, 0.1) is 23.7 Å². The number of nitrogens with zero attached hydrogens (tertiary/aromatic N) is 8. The molecule has 0 radical (unpaired) electrons. The van der Waals surface area contributed by atoms with Gasteiger partial charge in [-0.25, -0.2) is 13.8 Å². The fourth-order valence-corrected chi connectivity index (χ4v) is 12.5. The molecule has 3 fully saturated rings. The summed E-state index contributed by atoms with van der Waals surface area (Å²) in [6.07, 6.45) is -1.54. The highest BCUT2D eigenvalue weighted by atomic mass is 19.1. The lowest BCUT2D eigenvalue weighted by molar-refractivity contribution is -0.275. The predicted molar refractivity (Wildman–Crippen MR) is 286 cm³/mol. The highest BCUT2D eigenvalue weighted by Crippen LogP contribution is 2.45. The quantitative estimate of drug-likeness (QED) is 0.131. The number of benzene rings is 1. The van der Waals surface area contributed by atoms with Gasteiger partial charge in [-0.2, -0.15) is 0 Å². The second-order valence-electron chi connectivity index (χ2n) is 23.5. The second-order valence-corrected chi connectivity index (χ2v) is 23.5. The first-order valence-corrected chi connectivity index (χ1v) is 27.8. The molecule has 19 atom stereocenters. The van der Waals surface area contributed by atoms with Crippen LogP contribution in [-0.2, 0) is 55.8 Å². The van der Waals surface area contributed by atoms with E-state index in [-0.39, 0.29) is 43.9 Å². The molecule has 3 aromatic rings. The number of alkyl halides is 1. The van der Waals surface area contributed by atoms with Gasteiger partial charge in [-0.05, 0) is 104 Å². The number of methoxy groups -OCH3 is 2. The largest absolute Gasteiger partial charge is 0.459 e. The Morgan fingerprint density at radius 1 is 0.949 bits per heavy atom. The lowest BCUT2D eigenvalue weighted by atomic mass is 9.68. The van der Waals surface area contributed by atoms with Crippen molar-refractivity contribution in [1.29, 1.82) is 0 Å². The molecule has 2 aromatic heterocycles. The molecule has 3 saturated heterocycles. The van der Waals surface area contributed by atoms with Crippen LogP contribution < -0.4 is 0 Å². The maximum Gasteiger partial charge on any atom is 0.309 e. The van der Waals surface area contributed by atoms with Gasteiger partial charge in [0, 0.05) is 77.7 Å². The highest BCUT2D eigenvalue weighted by molar-refractivity contribution is 5.73. The van der Waals surface area contributed by atoms with Crippen LogP contribution in [0.2, 0.25) is 0 Å². The minimum absolute atomic E-state index is 0.00652. The molecular formula is C56H91FN8O13.